The lowest BCUT2D eigenvalue weighted by Gasteiger charge is -2.30. The number of hydrogen-bond donors (Lipinski definition) is 2. The number of nitrogens with one attached hydrogen (secondary N) is 1. The van der Waals surface area contributed by atoms with E-state index < -0.39 is 5.91 Å². The van der Waals surface area contributed by atoms with E-state index in [2.05, 4.69) is 49.1 Å². The summed E-state index contributed by atoms with van der Waals surface area (Å²) < 4.78 is 0. The number of hydrogen-bond acceptors (Lipinski definition) is 4. The number of carbonyl (C=O) groups is 2. The van der Waals surface area contributed by atoms with Gasteiger partial charge < -0.3 is 4.90 Å². The van der Waals surface area contributed by atoms with E-state index in [1.165, 1.54) is 5.39 Å². The highest BCUT2D eigenvalue weighted by Crippen LogP contribution is 2.19. The Morgan fingerprint density at radius 2 is 1.45 bits per heavy atom. The highest BCUT2D eigenvalue weighted by molar-refractivity contribution is 5.97. The maximum absolute atomic E-state index is 13.5. The molecule has 0 radical (unpaired) electrons. The second kappa shape index (κ2) is 12.9. The average molecular weight is 470 g/mol. The predicted octanol–water partition coefficient (Wildman–Crippen LogP) is 5.10. The van der Waals surface area contributed by atoms with Crippen LogP contribution in [-0.4, -0.2) is 46.6 Å². The average Bonchev–Trinajstić information content (AvgIpc) is 2.83. The molecule has 0 heterocycles. The molecule has 3 aromatic carbocycles. The van der Waals surface area contributed by atoms with Crippen molar-refractivity contribution in [2.45, 2.75) is 33.2 Å². The van der Waals surface area contributed by atoms with Crippen LogP contribution in [0.4, 0.5) is 0 Å². The lowest BCUT2D eigenvalue weighted by atomic mass is 10.1. The Balaban J connectivity index is 0.00000385. The molecule has 0 unspecified atom stereocenters. The smallest absolute Gasteiger partial charge is 0.274 e. The Kier molecular flexibility index (Phi) is 10.3. The third kappa shape index (κ3) is 7.02. The second-order valence-electron chi connectivity index (χ2n) is 7.96. The monoisotopic (exact) mass is 469 g/mol. The minimum Gasteiger partial charge on any atom is -0.321 e. The lowest BCUT2D eigenvalue weighted by molar-refractivity contribution is 0.0601. The van der Waals surface area contributed by atoms with Gasteiger partial charge in [-0.1, -0.05) is 50.2 Å². The van der Waals surface area contributed by atoms with Gasteiger partial charge in [-0.15, -0.1) is 12.4 Å². The molecule has 0 fully saturated rings. The number of carbonyl (C=O) groups excluding carboxylic acids is 2. The summed E-state index contributed by atoms with van der Waals surface area (Å²) in [4.78, 5) is 29.2. The van der Waals surface area contributed by atoms with Crippen molar-refractivity contribution in [3.63, 3.8) is 0 Å². The molecule has 0 aliphatic carbocycles. The van der Waals surface area contributed by atoms with Crippen molar-refractivity contribution in [1.82, 2.24) is 15.3 Å². The SMILES string of the molecule is CCCN(CCC)CN(Cc1ccc2ccccc2c1)C(=O)c1ccc(C(=O)NO)cc1.Cl. The van der Waals surface area contributed by atoms with Gasteiger partial charge in [0.2, 0.25) is 0 Å². The van der Waals surface area contributed by atoms with Gasteiger partial charge in [-0.25, -0.2) is 5.48 Å². The van der Waals surface area contributed by atoms with Crippen LogP contribution >= 0.6 is 12.4 Å². The number of amides is 2. The van der Waals surface area contributed by atoms with Crippen molar-refractivity contribution >= 4 is 35.0 Å². The summed E-state index contributed by atoms with van der Waals surface area (Å²) in [5, 5.41) is 11.1. The van der Waals surface area contributed by atoms with Crippen LogP contribution in [0.2, 0.25) is 0 Å². The highest BCUT2D eigenvalue weighted by Gasteiger charge is 2.19. The van der Waals surface area contributed by atoms with Gasteiger partial charge in [0.25, 0.3) is 11.8 Å². The summed E-state index contributed by atoms with van der Waals surface area (Å²) in [6.07, 6.45) is 2.03. The summed E-state index contributed by atoms with van der Waals surface area (Å²) in [5.41, 5.74) is 3.49. The van der Waals surface area contributed by atoms with Gasteiger partial charge in [-0.05, 0) is 72.6 Å². The fourth-order valence-corrected chi connectivity index (χ4v) is 3.88. The minimum absolute atomic E-state index is 0. The molecule has 0 aromatic heterocycles. The van der Waals surface area contributed by atoms with Gasteiger partial charge in [0.1, 0.15) is 0 Å². The summed E-state index contributed by atoms with van der Waals surface area (Å²) >= 11 is 0. The molecule has 0 bridgehead atoms. The number of rotatable bonds is 10. The summed E-state index contributed by atoms with van der Waals surface area (Å²) in [6, 6.07) is 20.8. The lowest BCUT2D eigenvalue weighted by Crippen LogP contribution is -2.42. The van der Waals surface area contributed by atoms with Crippen molar-refractivity contribution in [2.24, 2.45) is 0 Å². The summed E-state index contributed by atoms with van der Waals surface area (Å²) in [7, 11) is 0. The highest BCUT2D eigenvalue weighted by atomic mass is 35.5. The van der Waals surface area contributed by atoms with E-state index in [9.17, 15) is 9.59 Å². The van der Waals surface area contributed by atoms with Gasteiger partial charge >= 0.3 is 0 Å². The summed E-state index contributed by atoms with van der Waals surface area (Å²) in [5.74, 6) is -0.694. The van der Waals surface area contributed by atoms with Gasteiger partial charge in [0, 0.05) is 17.7 Å². The third-order valence-electron chi connectivity index (χ3n) is 5.42. The van der Waals surface area contributed by atoms with Gasteiger partial charge in [0.05, 0.1) is 6.67 Å². The number of hydroxylamine groups is 1. The van der Waals surface area contributed by atoms with E-state index in [0.29, 0.717) is 24.3 Å². The zero-order valence-electron chi connectivity index (χ0n) is 19.2. The first-order chi connectivity index (χ1) is 15.5. The van der Waals surface area contributed by atoms with Crippen molar-refractivity contribution in [3.05, 3.63) is 83.4 Å². The molecule has 7 heteroatoms. The first-order valence-corrected chi connectivity index (χ1v) is 11.1. The largest absolute Gasteiger partial charge is 0.321 e. The van der Waals surface area contributed by atoms with Crippen LogP contribution in [0.5, 0.6) is 0 Å². The second-order valence-corrected chi connectivity index (χ2v) is 7.96. The maximum Gasteiger partial charge on any atom is 0.274 e. The van der Waals surface area contributed by atoms with Crippen LogP contribution in [0.1, 0.15) is 53.0 Å². The number of halogens is 1. The first-order valence-electron chi connectivity index (χ1n) is 11.1. The van der Waals surface area contributed by atoms with Crippen LogP contribution in [0.25, 0.3) is 10.8 Å². The predicted molar refractivity (Wildman–Crippen MR) is 134 cm³/mol. The molecule has 2 N–H and O–H groups in total. The molecule has 3 aromatic rings. The van der Waals surface area contributed by atoms with E-state index in [1.807, 2.05) is 17.0 Å². The van der Waals surface area contributed by atoms with Gasteiger partial charge in [-0.2, -0.15) is 0 Å². The zero-order valence-corrected chi connectivity index (χ0v) is 20.0. The molecule has 33 heavy (non-hydrogen) atoms. The van der Waals surface area contributed by atoms with E-state index in [-0.39, 0.29) is 18.3 Å². The van der Waals surface area contributed by atoms with E-state index in [4.69, 9.17) is 5.21 Å². The Morgan fingerprint density at radius 1 is 0.848 bits per heavy atom. The van der Waals surface area contributed by atoms with Crippen molar-refractivity contribution in [1.29, 1.82) is 0 Å². The van der Waals surface area contributed by atoms with Gasteiger partial charge in [0.15, 0.2) is 0 Å². The van der Waals surface area contributed by atoms with E-state index >= 15 is 0 Å². The fraction of sp³-hybridized carbons (Fsp3) is 0.308. The first kappa shape index (κ1) is 26.3. The molecule has 0 saturated carbocycles. The summed E-state index contributed by atoms with van der Waals surface area (Å²) in [6.45, 7) is 7.15. The Hall–Kier alpha value is -2.93. The van der Waals surface area contributed by atoms with E-state index in [1.54, 1.807) is 29.7 Å². The normalized spacial score (nSPS) is 10.7. The van der Waals surface area contributed by atoms with Crippen molar-refractivity contribution < 1.29 is 14.8 Å². The zero-order chi connectivity index (χ0) is 22.9. The molecular formula is C26H32ClN3O3. The molecule has 176 valence electrons. The number of benzene rings is 3. The molecule has 0 aliphatic heterocycles. The Bertz CT molecular complexity index is 1050. The Labute approximate surface area is 201 Å². The van der Waals surface area contributed by atoms with Crippen LogP contribution in [0.15, 0.2) is 66.7 Å². The van der Waals surface area contributed by atoms with Crippen LogP contribution < -0.4 is 5.48 Å². The molecular weight excluding hydrogens is 438 g/mol. The van der Waals surface area contributed by atoms with Crippen molar-refractivity contribution in [3.8, 4) is 0 Å². The quantitative estimate of drug-likeness (QED) is 0.246. The standard InChI is InChI=1S/C26H31N3O3.ClH/c1-3-15-28(16-4-2)19-29(18-20-9-10-21-7-5-6-8-24(21)17-20)26(31)23-13-11-22(12-14-23)25(30)27-32;/h5-14,17,32H,3-4,15-16,18-19H2,1-2H3,(H,27,30);1H. The van der Waals surface area contributed by atoms with Gasteiger partial charge in [-0.3, -0.25) is 19.7 Å². The van der Waals surface area contributed by atoms with Crippen LogP contribution in [0.3, 0.4) is 0 Å². The molecule has 0 spiro atoms. The molecule has 2 amide bonds. The Morgan fingerprint density at radius 3 is 2.06 bits per heavy atom. The minimum atomic E-state index is -0.603. The number of fused-ring (bicyclic) bond motifs is 1. The van der Waals surface area contributed by atoms with E-state index in [0.717, 1.165) is 36.9 Å². The molecule has 0 aliphatic rings. The molecule has 6 nitrogen and oxygen atoms in total. The molecule has 3 rings (SSSR count). The van der Waals surface area contributed by atoms with Crippen LogP contribution in [-0.2, 0) is 6.54 Å². The van der Waals surface area contributed by atoms with Crippen LogP contribution in [0, 0.1) is 0 Å². The topological polar surface area (TPSA) is 72.9 Å². The molecule has 0 saturated heterocycles. The fourth-order valence-electron chi connectivity index (χ4n) is 3.88. The third-order valence-corrected chi connectivity index (χ3v) is 5.42. The number of nitrogens with zero attached hydrogens (tertiary/aromatic N) is 2. The molecule has 0 atom stereocenters. The van der Waals surface area contributed by atoms with Crippen molar-refractivity contribution in [2.75, 3.05) is 19.8 Å². The maximum atomic E-state index is 13.5.